The van der Waals surface area contributed by atoms with Crippen molar-refractivity contribution in [2.45, 2.75) is 102 Å². The zero-order valence-electron chi connectivity index (χ0n) is 43.2. The van der Waals surface area contributed by atoms with Gasteiger partial charge in [0.2, 0.25) is 0 Å². The molecule has 3 aliphatic rings. The van der Waals surface area contributed by atoms with Gasteiger partial charge >= 0.3 is 19.8 Å². The van der Waals surface area contributed by atoms with E-state index in [9.17, 15) is 24.3 Å². The highest BCUT2D eigenvalue weighted by molar-refractivity contribution is 7.46. The van der Waals surface area contributed by atoms with Gasteiger partial charge in [0.1, 0.15) is 24.6 Å². The molecule has 2 aromatic heterocycles. The number of aliphatic hydroxyl groups excluding tert-OH is 1. The van der Waals surface area contributed by atoms with E-state index in [0.29, 0.717) is 47.1 Å². The minimum absolute atomic E-state index is 0.0482. The highest BCUT2D eigenvalue weighted by Gasteiger charge is 2.54. The van der Waals surface area contributed by atoms with Gasteiger partial charge in [-0.3, -0.25) is 9.79 Å². The number of thiophene rings is 2. The number of esters is 2. The lowest BCUT2D eigenvalue weighted by Gasteiger charge is -2.52. The van der Waals surface area contributed by atoms with Crippen molar-refractivity contribution in [3.63, 3.8) is 0 Å². The number of carbonyl (C=O) groups excluding carboxylic acids is 2. The summed E-state index contributed by atoms with van der Waals surface area (Å²) in [5.74, 6) is -0.257. The number of quaternary nitrogens is 2. The summed E-state index contributed by atoms with van der Waals surface area (Å²) in [6, 6.07) is 32.4. The second-order valence-electron chi connectivity index (χ2n) is 20.0. The number of hydrogen-bond acceptors (Lipinski definition) is 12. The van der Waals surface area contributed by atoms with E-state index in [-0.39, 0.29) is 41.9 Å². The number of benzene rings is 3. The SMILES string of the molecule is CC[N+](CC)(CC(=O)OC(C(=O)OC1C[N+]2(CCCOc3ccccc3)CCC1CC2)(c1cccs1)c1cccs1)Cc1cc(C(O)CNCCCCCCOCCCCc2ccccc2)ccc1OP(=O)(O)O. The average Bonchev–Trinajstić information content (AvgIpc) is 4.16. The van der Waals surface area contributed by atoms with Gasteiger partial charge in [-0.05, 0) is 111 Å². The van der Waals surface area contributed by atoms with Gasteiger partial charge in [-0.1, -0.05) is 79.6 Å². The molecule has 3 saturated heterocycles. The molecule has 5 aromatic rings. The van der Waals surface area contributed by atoms with Crippen LogP contribution in [-0.4, -0.2) is 121 Å². The standard InChI is InChI=1S/C57H76N3O11PS2/c1-3-59(4-2,42-48-40-47(27-28-51(48)71-72(64,65)66)50(61)41-58-31-14-5-6-15-35-67-36-16-13-22-45-20-9-7-10-21-45)44-55(62)70-57(53-25-17-38-73-53,54-26-18-39-74-54)56(63)69-52-43-60(33-29-46(52)30-34-60)32-19-37-68-49-23-11-8-12-24-49/h7-12,17-18,20-21,23-28,38-40,46,50,52,58,61H,3-6,13-16,19,22,29-37,41-44H2,1-2H3/p+2. The molecule has 14 nitrogen and oxygen atoms in total. The van der Waals surface area contributed by atoms with Crippen molar-refractivity contribution in [3.8, 4) is 11.5 Å². The van der Waals surface area contributed by atoms with Crippen LogP contribution in [-0.2, 0) is 46.9 Å². The van der Waals surface area contributed by atoms with Crippen LogP contribution >= 0.6 is 30.5 Å². The Morgan fingerprint density at radius 1 is 0.811 bits per heavy atom. The zero-order chi connectivity index (χ0) is 52.3. The second-order valence-corrected chi connectivity index (χ2v) is 23.1. The summed E-state index contributed by atoms with van der Waals surface area (Å²) in [6.07, 6.45) is 8.74. The van der Waals surface area contributed by atoms with Gasteiger partial charge in [0, 0.05) is 50.5 Å². The number of aryl methyl sites for hydroxylation is 1. The number of fused-ring (bicyclic) bond motifs is 3. The summed E-state index contributed by atoms with van der Waals surface area (Å²) < 4.78 is 43.5. The van der Waals surface area contributed by atoms with E-state index in [4.69, 9.17) is 23.5 Å². The lowest BCUT2D eigenvalue weighted by atomic mass is 9.83. The molecule has 3 aliphatic heterocycles. The predicted octanol–water partition coefficient (Wildman–Crippen LogP) is 9.97. The van der Waals surface area contributed by atoms with E-state index in [2.05, 4.69) is 29.6 Å². The molecule has 2 unspecified atom stereocenters. The van der Waals surface area contributed by atoms with Crippen molar-refractivity contribution in [3.05, 3.63) is 140 Å². The van der Waals surface area contributed by atoms with Gasteiger partial charge in [-0.25, -0.2) is 14.2 Å². The van der Waals surface area contributed by atoms with E-state index >= 15 is 4.79 Å². The summed E-state index contributed by atoms with van der Waals surface area (Å²) in [6.45, 7) is 11.4. The Kier molecular flexibility index (Phi) is 21.7. The van der Waals surface area contributed by atoms with Gasteiger partial charge in [0.15, 0.2) is 12.6 Å². The van der Waals surface area contributed by atoms with E-state index in [1.54, 1.807) is 12.1 Å². The molecule has 0 saturated carbocycles. The Balaban J connectivity index is 0.966. The summed E-state index contributed by atoms with van der Waals surface area (Å²) in [7, 11) is -4.99. The number of ether oxygens (including phenoxy) is 4. The van der Waals surface area contributed by atoms with Crippen LogP contribution in [0.2, 0.25) is 0 Å². The molecule has 5 heterocycles. The first kappa shape index (κ1) is 57.3. The third-order valence-electron chi connectivity index (χ3n) is 15.0. The molecule has 402 valence electrons. The van der Waals surface area contributed by atoms with Crippen LogP contribution in [0.25, 0.3) is 0 Å². The lowest BCUT2D eigenvalue weighted by molar-refractivity contribution is -0.946. The topological polar surface area (TPSA) is 170 Å². The van der Waals surface area contributed by atoms with Crippen LogP contribution in [0.3, 0.4) is 0 Å². The minimum atomic E-state index is -4.99. The van der Waals surface area contributed by atoms with E-state index in [0.717, 1.165) is 114 Å². The van der Waals surface area contributed by atoms with Gasteiger partial charge < -0.3 is 42.9 Å². The molecule has 0 aliphatic carbocycles. The van der Waals surface area contributed by atoms with Gasteiger partial charge in [0.05, 0.1) is 55.2 Å². The minimum Gasteiger partial charge on any atom is -0.493 e. The third-order valence-corrected chi connectivity index (χ3v) is 17.3. The molecule has 4 N–H and O–H groups in total. The molecule has 74 heavy (non-hydrogen) atoms. The number of piperidine rings is 3. The number of nitrogens with one attached hydrogen (secondary N) is 1. The molecule has 2 bridgehead atoms. The van der Waals surface area contributed by atoms with Gasteiger partial charge in [0.25, 0.3) is 5.60 Å². The number of para-hydroxylation sites is 1. The van der Waals surface area contributed by atoms with Crippen LogP contribution in [0.15, 0.2) is 114 Å². The maximum Gasteiger partial charge on any atom is 0.524 e. The van der Waals surface area contributed by atoms with Crippen molar-refractivity contribution in [1.29, 1.82) is 0 Å². The first-order valence-corrected chi connectivity index (χ1v) is 29.9. The second kappa shape index (κ2) is 28.1. The highest BCUT2D eigenvalue weighted by Crippen LogP contribution is 2.44. The molecule has 17 heteroatoms. The van der Waals surface area contributed by atoms with Crippen LogP contribution in [0.1, 0.15) is 104 Å². The summed E-state index contributed by atoms with van der Waals surface area (Å²) >= 11 is 2.65. The number of unbranched alkanes of at least 4 members (excludes halogenated alkanes) is 4. The monoisotopic (exact) mass is 1080 g/mol. The van der Waals surface area contributed by atoms with Crippen LogP contribution < -0.4 is 14.6 Å². The van der Waals surface area contributed by atoms with Crippen molar-refractivity contribution >= 4 is 42.4 Å². The Morgan fingerprint density at radius 3 is 2.12 bits per heavy atom. The zero-order valence-corrected chi connectivity index (χ0v) is 45.8. The molecule has 3 aromatic carbocycles. The van der Waals surface area contributed by atoms with E-state index < -0.39 is 31.5 Å². The fourth-order valence-corrected chi connectivity index (χ4v) is 12.8. The summed E-state index contributed by atoms with van der Waals surface area (Å²) in [4.78, 5) is 50.9. The first-order chi connectivity index (χ1) is 35.8. The number of phosphoric ester groups is 1. The first-order valence-electron chi connectivity index (χ1n) is 26.6. The normalized spacial score (nSPS) is 18.2. The Hall–Kier alpha value is -4.45. The molecule has 0 spiro atoms. The average molecular weight is 1080 g/mol. The third kappa shape index (κ3) is 16.3. The maximum absolute atomic E-state index is 15.1. The van der Waals surface area contributed by atoms with Crippen LogP contribution in [0.4, 0.5) is 0 Å². The number of nitrogens with zero attached hydrogens (tertiary/aromatic N) is 2. The number of carbonyl (C=O) groups is 2. The van der Waals surface area contributed by atoms with E-state index in [1.165, 1.54) is 34.3 Å². The molecule has 0 amide bonds. The highest BCUT2D eigenvalue weighted by atomic mass is 32.1. The van der Waals surface area contributed by atoms with Gasteiger partial charge in [-0.2, -0.15) is 0 Å². The molecule has 2 atom stereocenters. The number of aliphatic hydroxyl groups is 1. The fourth-order valence-electron chi connectivity index (χ4n) is 10.6. The smallest absolute Gasteiger partial charge is 0.493 e. The lowest BCUT2D eigenvalue weighted by Crippen LogP contribution is -2.65. The predicted molar refractivity (Wildman–Crippen MR) is 290 cm³/mol. The molecule has 3 fully saturated rings. The molecule has 0 radical (unpaired) electrons. The largest absolute Gasteiger partial charge is 0.524 e. The summed E-state index contributed by atoms with van der Waals surface area (Å²) in [5.41, 5.74) is 0.448. The van der Waals surface area contributed by atoms with Crippen molar-refractivity contribution < 1.29 is 61.5 Å². The van der Waals surface area contributed by atoms with Crippen molar-refractivity contribution in [2.24, 2.45) is 5.92 Å². The van der Waals surface area contributed by atoms with Crippen LogP contribution in [0, 0.1) is 5.92 Å². The number of rotatable bonds is 33. The quantitative estimate of drug-likeness (QED) is 0.0136. The Labute approximate surface area is 446 Å². The fraction of sp³-hybridized carbons (Fsp3) is 0.509. The van der Waals surface area contributed by atoms with Crippen LogP contribution in [0.5, 0.6) is 11.5 Å². The molecular weight excluding hydrogens is 998 g/mol. The van der Waals surface area contributed by atoms with Crippen molar-refractivity contribution in [2.75, 3.05) is 78.7 Å². The Morgan fingerprint density at radius 2 is 1.47 bits per heavy atom. The Bertz CT molecular complexity index is 2450. The van der Waals surface area contributed by atoms with Crippen molar-refractivity contribution in [1.82, 2.24) is 5.32 Å². The van der Waals surface area contributed by atoms with Gasteiger partial charge in [-0.15, -0.1) is 22.7 Å². The summed E-state index contributed by atoms with van der Waals surface area (Å²) in [5, 5.41) is 18.4. The number of hydrogen-bond donors (Lipinski definition) is 4. The number of likely N-dealkylation sites (N-methyl/N-ethyl adjacent to an activating group) is 1. The molecule has 8 rings (SSSR count). The maximum atomic E-state index is 15.1. The number of phosphoric acid groups is 1. The molecular formula is C57H78N3O11PS2+2. The van der Waals surface area contributed by atoms with E-state index in [1.807, 2.05) is 85.3 Å².